The monoisotopic (exact) mass is 252 g/mol. The van der Waals surface area contributed by atoms with Crippen molar-refractivity contribution in [3.05, 3.63) is 30.1 Å². The van der Waals surface area contributed by atoms with Crippen molar-refractivity contribution in [3.8, 4) is 0 Å². The number of rotatable bonds is 4. The molecule has 98 valence electrons. The zero-order valence-electron chi connectivity index (χ0n) is 10.1. The summed E-state index contributed by atoms with van der Waals surface area (Å²) < 4.78 is 18.3. The highest BCUT2D eigenvalue weighted by molar-refractivity contribution is 5.91. The molecule has 0 radical (unpaired) electrons. The van der Waals surface area contributed by atoms with Gasteiger partial charge in [-0.05, 0) is 37.5 Å². The molecule has 0 spiro atoms. The molecule has 2 unspecified atom stereocenters. The van der Waals surface area contributed by atoms with Gasteiger partial charge >= 0.3 is 0 Å². The van der Waals surface area contributed by atoms with Crippen LogP contribution < -0.4 is 11.1 Å². The van der Waals surface area contributed by atoms with Gasteiger partial charge in [-0.15, -0.1) is 0 Å². The van der Waals surface area contributed by atoms with Crippen LogP contribution in [0.2, 0.25) is 0 Å². The van der Waals surface area contributed by atoms with Gasteiger partial charge in [0, 0.05) is 11.7 Å². The van der Waals surface area contributed by atoms with E-state index >= 15 is 0 Å². The fourth-order valence-corrected chi connectivity index (χ4v) is 2.08. The van der Waals surface area contributed by atoms with E-state index in [0.717, 1.165) is 19.3 Å². The molecule has 1 aromatic rings. The van der Waals surface area contributed by atoms with Gasteiger partial charge in [-0.3, -0.25) is 4.79 Å². The summed E-state index contributed by atoms with van der Waals surface area (Å²) in [5.41, 5.74) is 6.19. The van der Waals surface area contributed by atoms with Gasteiger partial charge in [0.25, 0.3) is 0 Å². The summed E-state index contributed by atoms with van der Waals surface area (Å²) in [5.74, 6) is -0.656. The molecule has 1 saturated carbocycles. The molecule has 2 rings (SSSR count). The molecule has 1 aromatic carbocycles. The van der Waals surface area contributed by atoms with Crippen LogP contribution in [0, 0.1) is 5.82 Å². The quantitative estimate of drug-likeness (QED) is 0.856. The Morgan fingerprint density at radius 2 is 2.33 bits per heavy atom. The average Bonchev–Trinajstić information content (AvgIpc) is 2.73. The number of hydrogen-bond acceptors (Lipinski definition) is 3. The fraction of sp³-hybridized carbons (Fsp3) is 0.462. The normalized spacial score (nSPS) is 23.0. The molecular weight excluding hydrogens is 235 g/mol. The third kappa shape index (κ3) is 3.78. The Morgan fingerprint density at radius 3 is 3.00 bits per heavy atom. The van der Waals surface area contributed by atoms with Gasteiger partial charge in [-0.1, -0.05) is 6.07 Å². The van der Waals surface area contributed by atoms with Gasteiger partial charge in [-0.2, -0.15) is 0 Å². The molecule has 4 nitrogen and oxygen atoms in total. The van der Waals surface area contributed by atoms with Crippen molar-refractivity contribution in [2.75, 3.05) is 11.9 Å². The van der Waals surface area contributed by atoms with Crippen LogP contribution in [-0.4, -0.2) is 24.7 Å². The zero-order chi connectivity index (χ0) is 13.0. The van der Waals surface area contributed by atoms with Crippen LogP contribution >= 0.6 is 0 Å². The van der Waals surface area contributed by atoms with Crippen LogP contribution in [0.15, 0.2) is 24.3 Å². The number of anilines is 1. The van der Waals surface area contributed by atoms with E-state index in [9.17, 15) is 9.18 Å². The molecule has 1 aliphatic carbocycles. The topological polar surface area (TPSA) is 64.3 Å². The summed E-state index contributed by atoms with van der Waals surface area (Å²) in [6.45, 7) is -0.0199. The molecular formula is C13H17FN2O2. The predicted octanol–water partition coefficient (Wildman–Crippen LogP) is 1.66. The van der Waals surface area contributed by atoms with E-state index < -0.39 is 0 Å². The number of carbonyl (C=O) groups excluding carboxylic acids is 1. The number of amides is 1. The first kappa shape index (κ1) is 13.0. The molecule has 3 N–H and O–H groups in total. The molecule has 5 heteroatoms. The van der Waals surface area contributed by atoms with Crippen molar-refractivity contribution >= 4 is 11.6 Å². The molecule has 2 atom stereocenters. The fourth-order valence-electron chi connectivity index (χ4n) is 2.08. The van der Waals surface area contributed by atoms with E-state index in [1.165, 1.54) is 12.1 Å². The Hall–Kier alpha value is -1.46. The summed E-state index contributed by atoms with van der Waals surface area (Å²) >= 11 is 0. The van der Waals surface area contributed by atoms with Gasteiger partial charge in [0.1, 0.15) is 12.4 Å². The Kier molecular flexibility index (Phi) is 4.28. The Bertz CT molecular complexity index is 425. The van der Waals surface area contributed by atoms with Crippen molar-refractivity contribution in [2.24, 2.45) is 5.73 Å². The van der Waals surface area contributed by atoms with E-state index in [1.54, 1.807) is 12.1 Å². The lowest BCUT2D eigenvalue weighted by Gasteiger charge is -2.11. The first-order chi connectivity index (χ1) is 8.63. The molecule has 1 amide bonds. The van der Waals surface area contributed by atoms with Gasteiger partial charge in [0.15, 0.2) is 0 Å². The Labute approximate surface area is 105 Å². The Morgan fingerprint density at radius 1 is 1.50 bits per heavy atom. The largest absolute Gasteiger partial charge is 0.368 e. The molecule has 0 aliphatic heterocycles. The molecule has 0 aromatic heterocycles. The minimum absolute atomic E-state index is 0.0199. The highest BCUT2D eigenvalue weighted by atomic mass is 19.1. The number of carbonyl (C=O) groups is 1. The highest BCUT2D eigenvalue weighted by Gasteiger charge is 2.22. The number of nitrogens with one attached hydrogen (secondary N) is 1. The number of benzene rings is 1. The second kappa shape index (κ2) is 5.93. The first-order valence-corrected chi connectivity index (χ1v) is 6.06. The second-order valence-corrected chi connectivity index (χ2v) is 4.56. The number of halogens is 1. The van der Waals surface area contributed by atoms with Crippen molar-refractivity contribution in [1.29, 1.82) is 0 Å². The molecule has 0 heterocycles. The second-order valence-electron chi connectivity index (χ2n) is 4.56. The van der Waals surface area contributed by atoms with Crippen LogP contribution in [0.3, 0.4) is 0 Å². The highest BCUT2D eigenvalue weighted by Crippen LogP contribution is 2.20. The summed E-state index contributed by atoms with van der Waals surface area (Å²) in [6, 6.07) is 5.95. The standard InChI is InChI=1S/C13H17FN2O2/c14-9-2-1-3-11(6-9)16-13(17)8-18-12-5-4-10(15)7-12/h1-3,6,10,12H,4-5,7-8,15H2,(H,16,17). The first-order valence-electron chi connectivity index (χ1n) is 6.06. The van der Waals surface area contributed by atoms with E-state index in [4.69, 9.17) is 10.5 Å². The number of hydrogen-bond donors (Lipinski definition) is 2. The number of nitrogens with two attached hydrogens (primary N) is 1. The average molecular weight is 252 g/mol. The summed E-state index contributed by atoms with van der Waals surface area (Å²) in [5, 5.41) is 2.58. The third-order valence-electron chi connectivity index (χ3n) is 2.98. The maximum atomic E-state index is 12.9. The summed E-state index contributed by atoms with van der Waals surface area (Å²) in [7, 11) is 0. The van der Waals surface area contributed by atoms with E-state index in [1.807, 2.05) is 0 Å². The van der Waals surface area contributed by atoms with Crippen LogP contribution in [0.1, 0.15) is 19.3 Å². The lowest BCUT2D eigenvalue weighted by Crippen LogP contribution is -2.23. The summed E-state index contributed by atoms with van der Waals surface area (Å²) in [4.78, 5) is 11.6. The maximum absolute atomic E-state index is 12.9. The van der Waals surface area contributed by atoms with Crippen molar-refractivity contribution in [1.82, 2.24) is 0 Å². The van der Waals surface area contributed by atoms with Crippen LogP contribution in [0.4, 0.5) is 10.1 Å². The minimum atomic E-state index is -0.379. The number of ether oxygens (including phenoxy) is 1. The molecule has 1 aliphatic rings. The van der Waals surface area contributed by atoms with Crippen molar-refractivity contribution < 1.29 is 13.9 Å². The Balaban J connectivity index is 1.75. The van der Waals surface area contributed by atoms with Crippen LogP contribution in [0.5, 0.6) is 0 Å². The zero-order valence-corrected chi connectivity index (χ0v) is 10.1. The SMILES string of the molecule is NC1CCC(OCC(=O)Nc2cccc(F)c2)C1. The van der Waals surface area contributed by atoms with Gasteiger partial charge in [0.05, 0.1) is 6.10 Å². The molecule has 0 bridgehead atoms. The molecule has 1 fully saturated rings. The van der Waals surface area contributed by atoms with E-state index in [2.05, 4.69) is 5.32 Å². The van der Waals surface area contributed by atoms with Crippen molar-refractivity contribution in [3.63, 3.8) is 0 Å². The predicted molar refractivity (Wildman–Crippen MR) is 66.6 cm³/mol. The van der Waals surface area contributed by atoms with Gasteiger partial charge in [-0.25, -0.2) is 4.39 Å². The van der Waals surface area contributed by atoms with Gasteiger partial charge < -0.3 is 15.8 Å². The van der Waals surface area contributed by atoms with E-state index in [-0.39, 0.29) is 30.5 Å². The summed E-state index contributed by atoms with van der Waals surface area (Å²) in [6.07, 6.45) is 2.70. The lowest BCUT2D eigenvalue weighted by atomic mass is 10.3. The van der Waals surface area contributed by atoms with Crippen molar-refractivity contribution in [2.45, 2.75) is 31.4 Å². The molecule has 0 saturated heterocycles. The smallest absolute Gasteiger partial charge is 0.250 e. The van der Waals surface area contributed by atoms with Crippen LogP contribution in [-0.2, 0) is 9.53 Å². The maximum Gasteiger partial charge on any atom is 0.250 e. The minimum Gasteiger partial charge on any atom is -0.368 e. The third-order valence-corrected chi connectivity index (χ3v) is 2.98. The molecule has 18 heavy (non-hydrogen) atoms. The van der Waals surface area contributed by atoms with Gasteiger partial charge in [0.2, 0.25) is 5.91 Å². The van der Waals surface area contributed by atoms with Crippen LogP contribution in [0.25, 0.3) is 0 Å². The van der Waals surface area contributed by atoms with E-state index in [0.29, 0.717) is 5.69 Å². The lowest BCUT2D eigenvalue weighted by molar-refractivity contribution is -0.122.